The van der Waals surface area contributed by atoms with E-state index < -0.39 is 5.60 Å². The van der Waals surface area contributed by atoms with Crippen molar-refractivity contribution in [3.05, 3.63) is 47.2 Å². The molecular weight excluding hydrogens is 338 g/mol. The average molecular weight is 360 g/mol. The number of carbonyl (C=O) groups is 1. The molecule has 25 heavy (non-hydrogen) atoms. The average Bonchev–Trinajstić information content (AvgIpc) is 2.89. The molecule has 3 fully saturated rings. The fourth-order valence-electron chi connectivity index (χ4n) is 4.06. The van der Waals surface area contributed by atoms with Crippen LogP contribution in [0.4, 0.5) is 4.79 Å². The zero-order valence-corrected chi connectivity index (χ0v) is 15.4. The topological polar surface area (TPSA) is 56.1 Å². The summed E-state index contributed by atoms with van der Waals surface area (Å²) in [6.45, 7) is 5.62. The van der Waals surface area contributed by atoms with Gasteiger partial charge in [-0.05, 0) is 70.4 Å². The summed E-state index contributed by atoms with van der Waals surface area (Å²) in [6, 6.07) is 9.70. The number of nitrogens with zero attached hydrogens (tertiary/aromatic N) is 2. The Hall–Kier alpha value is -2.01. The molecule has 0 aliphatic heterocycles. The van der Waals surface area contributed by atoms with Crippen molar-refractivity contribution in [3.63, 3.8) is 0 Å². The van der Waals surface area contributed by atoms with Crippen LogP contribution in [-0.2, 0) is 10.2 Å². The maximum absolute atomic E-state index is 12.0. The lowest BCUT2D eigenvalue weighted by molar-refractivity contribution is -0.0910. The van der Waals surface area contributed by atoms with Crippen molar-refractivity contribution < 1.29 is 9.53 Å². The number of benzene rings is 1. The Morgan fingerprint density at radius 3 is 2.44 bits per heavy atom. The van der Waals surface area contributed by atoms with Gasteiger partial charge in [0, 0.05) is 22.2 Å². The number of ether oxygens (including phenoxy) is 1. The molecule has 5 rings (SSSR count). The number of carbonyl (C=O) groups excluding carboxylic acids is 1. The van der Waals surface area contributed by atoms with Crippen LogP contribution >= 0.6 is 11.6 Å². The lowest BCUT2D eigenvalue weighted by Crippen LogP contribution is -2.77. The van der Waals surface area contributed by atoms with Gasteiger partial charge >= 0.3 is 6.09 Å². The number of amides is 1. The molecule has 3 aliphatic carbocycles. The van der Waals surface area contributed by atoms with Crippen molar-refractivity contribution in [2.24, 2.45) is 0 Å². The standard InChI is InChI=1S/C19H22ClN3O2/c1-17(2,3)25-16(24)21-19-10-18(11-19,12-19)15-8-9-23(22-15)14-6-4-13(20)5-7-14/h4-9H,10-12H2,1-3H3,(H,21,24). The highest BCUT2D eigenvalue weighted by molar-refractivity contribution is 6.30. The van der Waals surface area contributed by atoms with Gasteiger partial charge in [-0.25, -0.2) is 9.48 Å². The maximum Gasteiger partial charge on any atom is 0.408 e. The van der Waals surface area contributed by atoms with Crippen molar-refractivity contribution in [3.8, 4) is 5.69 Å². The van der Waals surface area contributed by atoms with Crippen LogP contribution in [0.15, 0.2) is 36.5 Å². The number of hydrogen-bond acceptors (Lipinski definition) is 3. The van der Waals surface area contributed by atoms with E-state index in [1.54, 1.807) is 0 Å². The highest BCUT2D eigenvalue weighted by Gasteiger charge is 2.70. The summed E-state index contributed by atoms with van der Waals surface area (Å²) < 4.78 is 7.24. The van der Waals surface area contributed by atoms with E-state index in [2.05, 4.69) is 11.4 Å². The third kappa shape index (κ3) is 2.91. The van der Waals surface area contributed by atoms with Gasteiger partial charge in [0.15, 0.2) is 0 Å². The quantitative estimate of drug-likeness (QED) is 0.892. The Kier molecular flexibility index (Phi) is 3.45. The Morgan fingerprint density at radius 2 is 1.84 bits per heavy atom. The maximum atomic E-state index is 12.0. The number of alkyl carbamates (subject to hydrolysis) is 1. The highest BCUT2D eigenvalue weighted by Crippen LogP contribution is 2.67. The second-order valence-electron chi connectivity index (χ2n) is 8.34. The van der Waals surface area contributed by atoms with Gasteiger partial charge in [0.2, 0.25) is 0 Å². The van der Waals surface area contributed by atoms with Crippen molar-refractivity contribution in [2.75, 3.05) is 0 Å². The summed E-state index contributed by atoms with van der Waals surface area (Å²) in [5.74, 6) is 0. The van der Waals surface area contributed by atoms with Crippen LogP contribution in [-0.4, -0.2) is 27.0 Å². The van der Waals surface area contributed by atoms with Gasteiger partial charge in [0.25, 0.3) is 0 Å². The second-order valence-corrected chi connectivity index (χ2v) is 8.78. The summed E-state index contributed by atoms with van der Waals surface area (Å²) in [5, 5.41) is 8.50. The molecule has 1 aromatic heterocycles. The van der Waals surface area contributed by atoms with E-state index in [0.717, 1.165) is 30.6 Å². The first-order valence-corrected chi connectivity index (χ1v) is 8.90. The van der Waals surface area contributed by atoms with Gasteiger partial charge in [-0.15, -0.1) is 0 Å². The minimum atomic E-state index is -0.470. The first-order chi connectivity index (χ1) is 11.7. The number of nitrogens with one attached hydrogen (secondary N) is 1. The van der Waals surface area contributed by atoms with E-state index in [0.29, 0.717) is 5.02 Å². The molecule has 132 valence electrons. The van der Waals surface area contributed by atoms with Gasteiger partial charge in [0.05, 0.1) is 11.4 Å². The number of rotatable bonds is 3. The molecule has 2 bridgehead atoms. The van der Waals surface area contributed by atoms with Gasteiger partial charge in [0.1, 0.15) is 5.60 Å². The summed E-state index contributed by atoms with van der Waals surface area (Å²) in [4.78, 5) is 12.0. The van der Waals surface area contributed by atoms with Crippen LogP contribution in [0.5, 0.6) is 0 Å². The smallest absolute Gasteiger partial charge is 0.408 e. The molecule has 1 amide bonds. The third-order valence-electron chi connectivity index (χ3n) is 5.02. The number of aromatic nitrogens is 2. The molecule has 1 heterocycles. The molecule has 5 nitrogen and oxygen atoms in total. The SMILES string of the molecule is CC(C)(C)OC(=O)NC12CC(c3ccn(-c4ccc(Cl)cc4)n3)(C1)C2. The lowest BCUT2D eigenvalue weighted by atomic mass is 9.38. The van der Waals surface area contributed by atoms with Crippen molar-refractivity contribution in [2.45, 2.75) is 56.6 Å². The van der Waals surface area contributed by atoms with E-state index in [9.17, 15) is 4.79 Å². The lowest BCUT2D eigenvalue weighted by Gasteiger charge is -2.69. The molecule has 0 saturated heterocycles. The summed E-state index contributed by atoms with van der Waals surface area (Å²) in [7, 11) is 0. The number of hydrogen-bond donors (Lipinski definition) is 1. The first-order valence-electron chi connectivity index (χ1n) is 8.52. The van der Waals surface area contributed by atoms with Crippen molar-refractivity contribution in [1.29, 1.82) is 0 Å². The Labute approximate surface area is 152 Å². The molecule has 3 aliphatic rings. The summed E-state index contributed by atoms with van der Waals surface area (Å²) >= 11 is 5.94. The van der Waals surface area contributed by atoms with Crippen molar-refractivity contribution >= 4 is 17.7 Å². The van der Waals surface area contributed by atoms with Gasteiger partial charge < -0.3 is 10.1 Å². The van der Waals surface area contributed by atoms with E-state index >= 15 is 0 Å². The van der Waals surface area contributed by atoms with Crippen LogP contribution in [0, 0.1) is 0 Å². The summed E-state index contributed by atoms with van der Waals surface area (Å²) in [6.07, 6.45) is 4.44. The number of halogens is 1. The molecule has 1 aromatic carbocycles. The molecule has 0 unspecified atom stereocenters. The Bertz CT molecular complexity index is 800. The van der Waals surface area contributed by atoms with Crippen LogP contribution in [0.1, 0.15) is 45.7 Å². The van der Waals surface area contributed by atoms with Gasteiger partial charge in [-0.1, -0.05) is 11.6 Å². The predicted molar refractivity (Wildman–Crippen MR) is 96.2 cm³/mol. The van der Waals surface area contributed by atoms with Gasteiger partial charge in [-0.2, -0.15) is 5.10 Å². The molecule has 0 radical (unpaired) electrons. The largest absolute Gasteiger partial charge is 0.444 e. The van der Waals surface area contributed by atoms with Crippen LogP contribution in [0.2, 0.25) is 5.02 Å². The Morgan fingerprint density at radius 1 is 1.20 bits per heavy atom. The molecule has 1 N–H and O–H groups in total. The fourth-order valence-corrected chi connectivity index (χ4v) is 4.18. The van der Waals surface area contributed by atoms with E-state index in [4.69, 9.17) is 21.4 Å². The molecular formula is C19H22ClN3O2. The van der Waals surface area contributed by atoms with E-state index in [1.807, 2.05) is 55.9 Å². The van der Waals surface area contributed by atoms with E-state index in [-0.39, 0.29) is 17.0 Å². The molecule has 2 aromatic rings. The van der Waals surface area contributed by atoms with Crippen LogP contribution in [0.25, 0.3) is 5.69 Å². The van der Waals surface area contributed by atoms with Crippen molar-refractivity contribution in [1.82, 2.24) is 15.1 Å². The van der Waals surface area contributed by atoms with Crippen LogP contribution in [0.3, 0.4) is 0 Å². The second kappa shape index (κ2) is 5.24. The summed E-state index contributed by atoms with van der Waals surface area (Å²) in [5.41, 5.74) is 1.61. The highest BCUT2D eigenvalue weighted by atomic mass is 35.5. The van der Waals surface area contributed by atoms with Crippen LogP contribution < -0.4 is 5.32 Å². The fraction of sp³-hybridized carbons (Fsp3) is 0.474. The predicted octanol–water partition coefficient (Wildman–Crippen LogP) is 4.22. The molecule has 0 atom stereocenters. The molecule has 3 saturated carbocycles. The zero-order valence-electron chi connectivity index (χ0n) is 14.7. The molecule has 0 spiro atoms. The Balaban J connectivity index is 1.40. The zero-order chi connectivity index (χ0) is 17.9. The normalized spacial score (nSPS) is 27.2. The first kappa shape index (κ1) is 16.5. The monoisotopic (exact) mass is 359 g/mol. The van der Waals surface area contributed by atoms with E-state index in [1.165, 1.54) is 0 Å². The molecule has 6 heteroatoms. The minimum absolute atomic E-state index is 0.104. The van der Waals surface area contributed by atoms with Gasteiger partial charge in [-0.3, -0.25) is 0 Å². The third-order valence-corrected chi connectivity index (χ3v) is 5.27. The minimum Gasteiger partial charge on any atom is -0.444 e.